The van der Waals surface area contributed by atoms with Crippen LogP contribution in [0, 0.1) is 5.92 Å². The molecule has 0 saturated heterocycles. The summed E-state index contributed by atoms with van der Waals surface area (Å²) < 4.78 is 17.0. The highest BCUT2D eigenvalue weighted by atomic mass is 35.5. The number of nitrogens with zero attached hydrogens (tertiary/aromatic N) is 1. The van der Waals surface area contributed by atoms with E-state index < -0.39 is 5.60 Å². The highest BCUT2D eigenvalue weighted by Gasteiger charge is 2.48. The van der Waals surface area contributed by atoms with E-state index in [0.29, 0.717) is 11.5 Å². The predicted octanol–water partition coefficient (Wildman–Crippen LogP) is 4.28. The monoisotopic (exact) mass is 399 g/mol. The Morgan fingerprint density at radius 3 is 2.44 bits per heavy atom. The smallest absolute Gasteiger partial charge is 0.303 e. The number of hydrogen-bond acceptors (Lipinski definition) is 5. The first-order valence-electron chi connectivity index (χ1n) is 9.40. The van der Waals surface area contributed by atoms with Crippen molar-refractivity contribution in [1.82, 2.24) is 4.90 Å². The highest BCUT2D eigenvalue weighted by Crippen LogP contribution is 2.49. The third-order valence-electron chi connectivity index (χ3n) is 5.52. The van der Waals surface area contributed by atoms with E-state index in [2.05, 4.69) is 32.0 Å². The van der Waals surface area contributed by atoms with Gasteiger partial charge in [-0.25, -0.2) is 0 Å². The summed E-state index contributed by atoms with van der Waals surface area (Å²) in [4.78, 5) is 14.2. The fourth-order valence-corrected chi connectivity index (χ4v) is 4.47. The molecule has 0 aliphatic heterocycles. The second-order valence-electron chi connectivity index (χ2n) is 7.62. The molecule has 0 radical (unpaired) electrons. The minimum atomic E-state index is -0.492. The van der Waals surface area contributed by atoms with Gasteiger partial charge in [0.25, 0.3) is 0 Å². The van der Waals surface area contributed by atoms with Gasteiger partial charge < -0.3 is 19.1 Å². The Morgan fingerprint density at radius 1 is 1.22 bits per heavy atom. The predicted molar refractivity (Wildman–Crippen MR) is 110 cm³/mol. The van der Waals surface area contributed by atoms with E-state index in [4.69, 9.17) is 14.2 Å². The molecule has 1 aromatic rings. The summed E-state index contributed by atoms with van der Waals surface area (Å²) in [7, 11) is 7.41. The number of halogens is 1. The minimum Gasteiger partial charge on any atom is -0.493 e. The molecule has 154 valence electrons. The van der Waals surface area contributed by atoms with E-state index >= 15 is 0 Å². The molecular formula is C21H34ClNO4. The van der Waals surface area contributed by atoms with Crippen LogP contribution < -0.4 is 9.47 Å². The van der Waals surface area contributed by atoms with Gasteiger partial charge in [0.1, 0.15) is 5.60 Å². The number of esters is 1. The second kappa shape index (κ2) is 10.2. The van der Waals surface area contributed by atoms with Crippen LogP contribution in [0.4, 0.5) is 0 Å². The van der Waals surface area contributed by atoms with Crippen LogP contribution in [-0.2, 0) is 9.53 Å². The molecule has 0 bridgehead atoms. The summed E-state index contributed by atoms with van der Waals surface area (Å²) in [6, 6.07) is 6.06. The van der Waals surface area contributed by atoms with Crippen LogP contribution in [-0.4, -0.2) is 51.3 Å². The first-order chi connectivity index (χ1) is 12.3. The zero-order valence-corrected chi connectivity index (χ0v) is 18.2. The third kappa shape index (κ3) is 5.29. The number of carbonyl (C=O) groups excluding carboxylic acids is 1. The molecule has 1 aliphatic carbocycles. The molecule has 0 N–H and O–H groups in total. The van der Waals surface area contributed by atoms with Gasteiger partial charge in [-0.15, -0.1) is 12.4 Å². The van der Waals surface area contributed by atoms with Gasteiger partial charge in [0, 0.05) is 25.3 Å². The van der Waals surface area contributed by atoms with Crippen molar-refractivity contribution in [1.29, 1.82) is 0 Å². The van der Waals surface area contributed by atoms with Crippen LogP contribution in [0.3, 0.4) is 0 Å². The molecule has 2 rings (SSSR count). The lowest BCUT2D eigenvalue weighted by Gasteiger charge is -2.48. The van der Waals surface area contributed by atoms with E-state index in [1.807, 2.05) is 12.1 Å². The number of methoxy groups -OCH3 is 2. The van der Waals surface area contributed by atoms with Gasteiger partial charge in [0.2, 0.25) is 0 Å². The first kappa shape index (κ1) is 23.6. The topological polar surface area (TPSA) is 48.0 Å². The molecule has 0 heterocycles. The van der Waals surface area contributed by atoms with Crippen molar-refractivity contribution in [2.75, 3.05) is 34.9 Å². The fourth-order valence-electron chi connectivity index (χ4n) is 4.47. The molecular weight excluding hydrogens is 366 g/mol. The van der Waals surface area contributed by atoms with Crippen molar-refractivity contribution >= 4 is 18.4 Å². The summed E-state index contributed by atoms with van der Waals surface area (Å²) in [6.07, 6.45) is 4.10. The van der Waals surface area contributed by atoms with Gasteiger partial charge in [-0.2, -0.15) is 0 Å². The highest BCUT2D eigenvalue weighted by molar-refractivity contribution is 5.85. The maximum Gasteiger partial charge on any atom is 0.303 e. The van der Waals surface area contributed by atoms with Crippen LogP contribution in [0.15, 0.2) is 18.2 Å². The van der Waals surface area contributed by atoms with Crippen LogP contribution in [0.25, 0.3) is 0 Å². The molecule has 1 aliphatic rings. The van der Waals surface area contributed by atoms with E-state index in [9.17, 15) is 4.79 Å². The molecule has 0 spiro atoms. The number of carbonyl (C=O) groups is 1. The molecule has 1 aromatic carbocycles. The Morgan fingerprint density at radius 2 is 1.89 bits per heavy atom. The van der Waals surface area contributed by atoms with Crippen molar-refractivity contribution in [3.05, 3.63) is 23.8 Å². The molecule has 1 saturated carbocycles. The third-order valence-corrected chi connectivity index (χ3v) is 5.52. The fraction of sp³-hybridized carbons (Fsp3) is 0.667. The maximum atomic E-state index is 12.0. The summed E-state index contributed by atoms with van der Waals surface area (Å²) in [5, 5.41) is 0. The lowest BCUT2D eigenvalue weighted by molar-refractivity contribution is -0.172. The Bertz CT molecular complexity index is 622. The maximum absolute atomic E-state index is 12.0. The largest absolute Gasteiger partial charge is 0.493 e. The summed E-state index contributed by atoms with van der Waals surface area (Å²) in [6.45, 7) is 4.59. The Hall–Kier alpha value is -1.46. The van der Waals surface area contributed by atoms with E-state index in [-0.39, 0.29) is 30.2 Å². The van der Waals surface area contributed by atoms with Crippen LogP contribution in [0.1, 0.15) is 51.0 Å². The van der Waals surface area contributed by atoms with Crippen molar-refractivity contribution < 1.29 is 19.0 Å². The summed E-state index contributed by atoms with van der Waals surface area (Å²) in [5.74, 6) is 1.59. The minimum absolute atomic E-state index is 0. The van der Waals surface area contributed by atoms with E-state index in [1.165, 1.54) is 6.92 Å². The number of hydrogen-bond donors (Lipinski definition) is 0. The standard InChI is InChI=1S/C21H33NO4.ClH/c1-15(14-22(3)4)21(26-16(2)23)12-8-7-9-18(21)17-10-11-19(24-5)20(13-17)25-6;/h10-11,13,15,18H,7-9,12,14H2,1-6H3;1H. The van der Waals surface area contributed by atoms with Gasteiger partial charge >= 0.3 is 5.97 Å². The van der Waals surface area contributed by atoms with Gasteiger partial charge in [-0.05, 0) is 51.1 Å². The SMILES string of the molecule is COc1ccc(C2CCCCC2(OC(C)=O)C(C)CN(C)C)cc1OC.Cl. The van der Waals surface area contributed by atoms with Crippen LogP contribution in [0.2, 0.25) is 0 Å². The number of rotatable bonds is 7. The molecule has 5 nitrogen and oxygen atoms in total. The summed E-state index contributed by atoms with van der Waals surface area (Å²) in [5.41, 5.74) is 0.655. The Balaban J connectivity index is 0.00000364. The zero-order chi connectivity index (χ0) is 19.3. The Labute approximate surface area is 169 Å². The summed E-state index contributed by atoms with van der Waals surface area (Å²) >= 11 is 0. The molecule has 3 atom stereocenters. The van der Waals surface area contributed by atoms with Crippen molar-refractivity contribution in [2.24, 2.45) is 5.92 Å². The van der Waals surface area contributed by atoms with Crippen molar-refractivity contribution in [3.63, 3.8) is 0 Å². The lowest BCUT2D eigenvalue weighted by atomic mass is 9.66. The first-order valence-corrected chi connectivity index (χ1v) is 9.40. The van der Waals surface area contributed by atoms with Gasteiger partial charge in [-0.3, -0.25) is 4.79 Å². The molecule has 6 heteroatoms. The van der Waals surface area contributed by atoms with Gasteiger partial charge in [0.15, 0.2) is 11.5 Å². The second-order valence-corrected chi connectivity index (χ2v) is 7.62. The Kier molecular flexibility index (Phi) is 8.89. The molecule has 3 unspecified atom stereocenters. The van der Waals surface area contributed by atoms with Crippen LogP contribution >= 0.6 is 12.4 Å². The molecule has 0 aromatic heterocycles. The zero-order valence-electron chi connectivity index (χ0n) is 17.4. The molecule has 1 fully saturated rings. The lowest BCUT2D eigenvalue weighted by Crippen LogP contribution is -2.51. The molecule has 0 amide bonds. The number of benzene rings is 1. The van der Waals surface area contributed by atoms with Gasteiger partial charge in [-0.1, -0.05) is 19.4 Å². The average molecular weight is 400 g/mol. The van der Waals surface area contributed by atoms with Crippen molar-refractivity contribution in [2.45, 2.75) is 51.0 Å². The normalized spacial score (nSPS) is 23.3. The average Bonchev–Trinajstić information content (AvgIpc) is 2.60. The van der Waals surface area contributed by atoms with Gasteiger partial charge in [0.05, 0.1) is 14.2 Å². The van der Waals surface area contributed by atoms with E-state index in [0.717, 1.165) is 37.8 Å². The number of ether oxygens (including phenoxy) is 3. The van der Waals surface area contributed by atoms with E-state index in [1.54, 1.807) is 14.2 Å². The molecule has 27 heavy (non-hydrogen) atoms. The quantitative estimate of drug-likeness (QED) is 0.640. The van der Waals surface area contributed by atoms with Crippen LogP contribution in [0.5, 0.6) is 11.5 Å². The van der Waals surface area contributed by atoms with Crippen molar-refractivity contribution in [3.8, 4) is 11.5 Å².